The van der Waals surface area contributed by atoms with E-state index in [4.69, 9.17) is 4.74 Å². The third-order valence-corrected chi connectivity index (χ3v) is 3.45. The van der Waals surface area contributed by atoms with Crippen LogP contribution in [-0.2, 0) is 16.1 Å². The van der Waals surface area contributed by atoms with Crippen LogP contribution in [0.4, 0.5) is 0 Å². The summed E-state index contributed by atoms with van der Waals surface area (Å²) in [6.07, 6.45) is 0.132. The topological polar surface area (TPSA) is 54.5 Å². The molecule has 2 atom stereocenters. The summed E-state index contributed by atoms with van der Waals surface area (Å²) in [6, 6.07) is 6.19. The van der Waals surface area contributed by atoms with Gasteiger partial charge in [-0.1, -0.05) is 6.07 Å². The van der Waals surface area contributed by atoms with Crippen molar-refractivity contribution >= 4 is 5.91 Å². The molecule has 2 saturated heterocycles. The van der Waals surface area contributed by atoms with E-state index >= 15 is 0 Å². The van der Waals surface area contributed by atoms with Gasteiger partial charge in [-0.05, 0) is 19.1 Å². The Bertz CT molecular complexity index is 463. The maximum absolute atomic E-state index is 11.2. The number of aromatic nitrogens is 1. The number of amides is 1. The molecule has 2 fully saturated rings. The van der Waals surface area contributed by atoms with Gasteiger partial charge >= 0.3 is 0 Å². The second kappa shape index (κ2) is 4.66. The Morgan fingerprint density at radius 2 is 2.39 bits per heavy atom. The van der Waals surface area contributed by atoms with Crippen LogP contribution in [0.2, 0.25) is 0 Å². The van der Waals surface area contributed by atoms with E-state index in [2.05, 4.69) is 15.2 Å². The average molecular weight is 247 g/mol. The van der Waals surface area contributed by atoms with Gasteiger partial charge in [0.15, 0.2) is 0 Å². The summed E-state index contributed by atoms with van der Waals surface area (Å²) in [4.78, 5) is 18.0. The van der Waals surface area contributed by atoms with Crippen LogP contribution in [0.3, 0.4) is 0 Å². The number of morpholine rings is 1. The van der Waals surface area contributed by atoms with Gasteiger partial charge in [-0.2, -0.15) is 0 Å². The molecule has 3 rings (SSSR count). The van der Waals surface area contributed by atoms with E-state index in [1.807, 2.05) is 25.1 Å². The van der Waals surface area contributed by atoms with Crippen LogP contribution in [-0.4, -0.2) is 47.6 Å². The van der Waals surface area contributed by atoms with Gasteiger partial charge in [-0.3, -0.25) is 14.7 Å². The first-order valence-corrected chi connectivity index (χ1v) is 6.26. The van der Waals surface area contributed by atoms with Gasteiger partial charge in [0.05, 0.1) is 17.8 Å². The number of likely N-dealkylation sites (tertiary alicyclic amines) is 1. The minimum Gasteiger partial charge on any atom is -0.365 e. The fourth-order valence-corrected chi connectivity index (χ4v) is 2.64. The standard InChI is InChI=1S/C13H17N3O2/c1-9-3-2-4-10(14-9)5-16-6-11-12(7-16)18-8-13(17)15-11/h2-4,11-12H,5-8H2,1H3,(H,15,17)/t11-,12-/m0/s1. The molecule has 0 aromatic carbocycles. The van der Waals surface area contributed by atoms with E-state index in [9.17, 15) is 4.79 Å². The maximum atomic E-state index is 11.2. The second-order valence-electron chi connectivity index (χ2n) is 4.99. The van der Waals surface area contributed by atoms with Crippen LogP contribution in [0, 0.1) is 6.92 Å². The molecule has 5 heteroatoms. The molecule has 0 unspecified atom stereocenters. The minimum absolute atomic E-state index is 0.00761. The Kier molecular flexibility index (Phi) is 3.01. The van der Waals surface area contributed by atoms with Crippen molar-refractivity contribution in [2.24, 2.45) is 0 Å². The summed E-state index contributed by atoms with van der Waals surface area (Å²) in [6.45, 7) is 4.70. The molecular weight excluding hydrogens is 230 g/mol. The van der Waals surface area contributed by atoms with Crippen molar-refractivity contribution in [1.29, 1.82) is 0 Å². The molecule has 1 N–H and O–H groups in total. The monoisotopic (exact) mass is 247 g/mol. The number of pyridine rings is 1. The molecule has 2 aliphatic rings. The largest absolute Gasteiger partial charge is 0.365 e. The van der Waals surface area contributed by atoms with Crippen molar-refractivity contribution in [3.05, 3.63) is 29.6 Å². The van der Waals surface area contributed by atoms with Crippen molar-refractivity contribution in [3.8, 4) is 0 Å². The minimum atomic E-state index is -0.00761. The fraction of sp³-hybridized carbons (Fsp3) is 0.538. The SMILES string of the molecule is Cc1cccc(CN2C[C@@H]3NC(=O)CO[C@H]3C2)n1. The Hall–Kier alpha value is -1.46. The van der Waals surface area contributed by atoms with Crippen LogP contribution in [0.25, 0.3) is 0 Å². The van der Waals surface area contributed by atoms with Crippen LogP contribution >= 0.6 is 0 Å². The number of fused-ring (bicyclic) bond motifs is 1. The van der Waals surface area contributed by atoms with Crippen molar-refractivity contribution in [2.75, 3.05) is 19.7 Å². The van der Waals surface area contributed by atoms with Crippen LogP contribution in [0.5, 0.6) is 0 Å². The molecule has 1 amide bonds. The highest BCUT2D eigenvalue weighted by atomic mass is 16.5. The lowest BCUT2D eigenvalue weighted by atomic mass is 10.2. The fourth-order valence-electron chi connectivity index (χ4n) is 2.64. The molecule has 96 valence electrons. The first-order chi connectivity index (χ1) is 8.70. The number of rotatable bonds is 2. The van der Waals surface area contributed by atoms with Gasteiger partial charge in [0.1, 0.15) is 6.61 Å². The van der Waals surface area contributed by atoms with E-state index in [0.717, 1.165) is 31.0 Å². The highest BCUT2D eigenvalue weighted by Crippen LogP contribution is 2.18. The molecule has 0 spiro atoms. The molecule has 5 nitrogen and oxygen atoms in total. The van der Waals surface area contributed by atoms with Crippen molar-refractivity contribution in [2.45, 2.75) is 25.6 Å². The molecule has 1 aromatic heterocycles. The molecular formula is C13H17N3O2. The number of nitrogens with zero attached hydrogens (tertiary/aromatic N) is 2. The summed E-state index contributed by atoms with van der Waals surface area (Å²) in [5.74, 6) is -0.00761. The molecule has 0 radical (unpaired) electrons. The van der Waals surface area contributed by atoms with E-state index in [1.165, 1.54) is 0 Å². The third-order valence-electron chi connectivity index (χ3n) is 3.45. The first-order valence-electron chi connectivity index (χ1n) is 6.26. The van der Waals surface area contributed by atoms with Gasteiger partial charge in [0.2, 0.25) is 5.91 Å². The molecule has 0 saturated carbocycles. The Balaban J connectivity index is 1.64. The Morgan fingerprint density at radius 1 is 1.50 bits per heavy atom. The van der Waals surface area contributed by atoms with Gasteiger partial charge < -0.3 is 10.1 Å². The highest BCUT2D eigenvalue weighted by molar-refractivity contribution is 5.78. The predicted octanol–water partition coefficient (Wildman–Crippen LogP) is 0.0892. The lowest BCUT2D eigenvalue weighted by molar-refractivity contribution is -0.134. The number of nitrogens with one attached hydrogen (secondary N) is 1. The zero-order chi connectivity index (χ0) is 12.5. The van der Waals surface area contributed by atoms with Crippen LogP contribution < -0.4 is 5.32 Å². The number of aryl methyl sites for hydroxylation is 1. The summed E-state index contributed by atoms with van der Waals surface area (Å²) < 4.78 is 5.53. The lowest BCUT2D eigenvalue weighted by Gasteiger charge is -2.25. The predicted molar refractivity (Wildman–Crippen MR) is 65.9 cm³/mol. The average Bonchev–Trinajstić information content (AvgIpc) is 2.70. The Morgan fingerprint density at radius 3 is 3.22 bits per heavy atom. The molecule has 0 aliphatic carbocycles. The van der Waals surface area contributed by atoms with Crippen molar-refractivity contribution in [3.63, 3.8) is 0 Å². The van der Waals surface area contributed by atoms with E-state index in [1.54, 1.807) is 0 Å². The normalized spacial score (nSPS) is 27.9. The highest BCUT2D eigenvalue weighted by Gasteiger charge is 2.37. The van der Waals surface area contributed by atoms with E-state index < -0.39 is 0 Å². The van der Waals surface area contributed by atoms with Gasteiger partial charge in [-0.15, -0.1) is 0 Å². The second-order valence-corrected chi connectivity index (χ2v) is 4.99. The number of carbonyl (C=O) groups excluding carboxylic acids is 1. The summed E-state index contributed by atoms with van der Waals surface area (Å²) in [7, 11) is 0. The van der Waals surface area contributed by atoms with Crippen LogP contribution in [0.1, 0.15) is 11.4 Å². The van der Waals surface area contributed by atoms with Gasteiger partial charge in [0.25, 0.3) is 0 Å². The lowest BCUT2D eigenvalue weighted by Crippen LogP contribution is -2.50. The number of hydrogen-bond acceptors (Lipinski definition) is 4. The van der Waals surface area contributed by atoms with Gasteiger partial charge in [0, 0.05) is 25.3 Å². The van der Waals surface area contributed by atoms with Crippen molar-refractivity contribution < 1.29 is 9.53 Å². The summed E-state index contributed by atoms with van der Waals surface area (Å²) in [5, 5.41) is 2.98. The number of hydrogen-bond donors (Lipinski definition) is 1. The number of ether oxygens (including phenoxy) is 1. The zero-order valence-electron chi connectivity index (χ0n) is 10.4. The quantitative estimate of drug-likeness (QED) is 0.804. The molecule has 2 aliphatic heterocycles. The van der Waals surface area contributed by atoms with E-state index in [-0.39, 0.29) is 24.7 Å². The smallest absolute Gasteiger partial charge is 0.246 e. The van der Waals surface area contributed by atoms with Crippen molar-refractivity contribution in [1.82, 2.24) is 15.2 Å². The maximum Gasteiger partial charge on any atom is 0.246 e. The Labute approximate surface area is 106 Å². The molecule has 1 aromatic rings. The van der Waals surface area contributed by atoms with E-state index in [0.29, 0.717) is 0 Å². The first kappa shape index (κ1) is 11.6. The van der Waals surface area contributed by atoms with Gasteiger partial charge in [-0.25, -0.2) is 0 Å². The zero-order valence-corrected chi connectivity index (χ0v) is 10.4. The number of carbonyl (C=O) groups is 1. The third kappa shape index (κ3) is 2.37. The molecule has 3 heterocycles. The van der Waals surface area contributed by atoms with Crippen LogP contribution in [0.15, 0.2) is 18.2 Å². The summed E-state index contributed by atoms with van der Waals surface area (Å²) in [5.41, 5.74) is 2.11. The molecule has 0 bridgehead atoms. The molecule has 18 heavy (non-hydrogen) atoms. The summed E-state index contributed by atoms with van der Waals surface area (Å²) >= 11 is 0.